The largest absolute Gasteiger partial charge is 0.464 e. The standard InChI is InChI=1S/C15H17NO4/c1-2-20-15(19)14(18)13(17)11-7-8-12(16)10-6-4-3-5-9(10)11/h3-8,13-14,17-18H,2,16H2,1H3. The van der Waals surface area contributed by atoms with Crippen molar-refractivity contribution in [2.75, 3.05) is 12.3 Å². The van der Waals surface area contributed by atoms with Gasteiger partial charge in [0.25, 0.3) is 0 Å². The summed E-state index contributed by atoms with van der Waals surface area (Å²) < 4.78 is 4.71. The number of rotatable bonds is 4. The Morgan fingerprint density at radius 1 is 1.20 bits per heavy atom. The first-order valence-corrected chi connectivity index (χ1v) is 6.36. The molecule has 2 atom stereocenters. The summed E-state index contributed by atoms with van der Waals surface area (Å²) in [5, 5.41) is 21.5. The molecule has 4 N–H and O–H groups in total. The third-order valence-corrected chi connectivity index (χ3v) is 3.14. The lowest BCUT2D eigenvalue weighted by Gasteiger charge is -2.19. The number of aliphatic hydroxyl groups is 2. The van der Waals surface area contributed by atoms with Gasteiger partial charge in [0, 0.05) is 11.1 Å². The van der Waals surface area contributed by atoms with Crippen LogP contribution in [0.4, 0.5) is 5.69 Å². The van der Waals surface area contributed by atoms with Gasteiger partial charge in [0.15, 0.2) is 6.10 Å². The summed E-state index contributed by atoms with van der Waals surface area (Å²) in [4.78, 5) is 11.5. The van der Waals surface area contributed by atoms with Gasteiger partial charge in [0.2, 0.25) is 0 Å². The van der Waals surface area contributed by atoms with Crippen LogP contribution in [0.2, 0.25) is 0 Å². The Hall–Kier alpha value is -2.11. The first kappa shape index (κ1) is 14.3. The van der Waals surface area contributed by atoms with Crippen molar-refractivity contribution >= 4 is 22.4 Å². The average molecular weight is 275 g/mol. The molecule has 0 saturated carbocycles. The number of carbonyl (C=O) groups excluding carboxylic acids is 1. The minimum atomic E-state index is -1.62. The van der Waals surface area contributed by atoms with Gasteiger partial charge in [-0.2, -0.15) is 0 Å². The lowest BCUT2D eigenvalue weighted by molar-refractivity contribution is -0.159. The van der Waals surface area contributed by atoms with Gasteiger partial charge in [-0.05, 0) is 23.9 Å². The fourth-order valence-electron chi connectivity index (χ4n) is 2.13. The van der Waals surface area contributed by atoms with Crippen LogP contribution < -0.4 is 5.73 Å². The highest BCUT2D eigenvalue weighted by Crippen LogP contribution is 2.30. The molecule has 0 spiro atoms. The molecule has 2 unspecified atom stereocenters. The number of ether oxygens (including phenoxy) is 1. The van der Waals surface area contributed by atoms with Crippen LogP contribution in [0, 0.1) is 0 Å². The van der Waals surface area contributed by atoms with Crippen molar-refractivity contribution < 1.29 is 19.7 Å². The molecule has 0 aromatic heterocycles. The van der Waals surface area contributed by atoms with Crippen molar-refractivity contribution in [1.29, 1.82) is 0 Å². The maximum Gasteiger partial charge on any atom is 0.338 e. The Bertz CT molecular complexity index is 626. The van der Waals surface area contributed by atoms with Gasteiger partial charge in [-0.3, -0.25) is 0 Å². The molecule has 0 amide bonds. The van der Waals surface area contributed by atoms with E-state index in [9.17, 15) is 15.0 Å². The monoisotopic (exact) mass is 275 g/mol. The Morgan fingerprint density at radius 2 is 1.85 bits per heavy atom. The molecular formula is C15H17NO4. The number of hydrogen-bond acceptors (Lipinski definition) is 5. The van der Waals surface area contributed by atoms with E-state index in [1.54, 1.807) is 31.2 Å². The van der Waals surface area contributed by atoms with Crippen molar-refractivity contribution in [3.05, 3.63) is 42.0 Å². The van der Waals surface area contributed by atoms with Crippen LogP contribution >= 0.6 is 0 Å². The smallest absolute Gasteiger partial charge is 0.338 e. The number of esters is 1. The van der Waals surface area contributed by atoms with Crippen LogP contribution in [-0.4, -0.2) is 28.9 Å². The zero-order valence-electron chi connectivity index (χ0n) is 11.1. The highest BCUT2D eigenvalue weighted by atomic mass is 16.5. The quantitative estimate of drug-likeness (QED) is 0.579. The topological polar surface area (TPSA) is 92.8 Å². The molecular weight excluding hydrogens is 258 g/mol. The predicted octanol–water partition coefficient (Wildman–Crippen LogP) is 1.38. The van der Waals surface area contributed by atoms with E-state index in [1.165, 1.54) is 0 Å². The van der Waals surface area contributed by atoms with E-state index in [0.717, 1.165) is 5.39 Å². The van der Waals surface area contributed by atoms with E-state index in [0.29, 0.717) is 16.6 Å². The van der Waals surface area contributed by atoms with Gasteiger partial charge in [-0.25, -0.2) is 4.79 Å². The molecule has 2 rings (SSSR count). The normalized spacial score (nSPS) is 13.9. The zero-order chi connectivity index (χ0) is 14.7. The molecule has 2 aromatic rings. The summed E-state index contributed by atoms with van der Waals surface area (Å²) >= 11 is 0. The van der Waals surface area contributed by atoms with Crippen molar-refractivity contribution in [2.24, 2.45) is 0 Å². The number of anilines is 1. The zero-order valence-corrected chi connectivity index (χ0v) is 11.1. The fraction of sp³-hybridized carbons (Fsp3) is 0.267. The average Bonchev–Trinajstić information content (AvgIpc) is 2.47. The Balaban J connectivity index is 2.42. The van der Waals surface area contributed by atoms with Gasteiger partial charge in [-0.1, -0.05) is 30.3 Å². The van der Waals surface area contributed by atoms with Crippen molar-refractivity contribution in [2.45, 2.75) is 19.1 Å². The number of fused-ring (bicyclic) bond motifs is 1. The van der Waals surface area contributed by atoms with Crippen LogP contribution in [0.3, 0.4) is 0 Å². The third-order valence-electron chi connectivity index (χ3n) is 3.14. The number of nitrogen functional groups attached to an aromatic ring is 1. The second kappa shape index (κ2) is 5.90. The van der Waals surface area contributed by atoms with Crippen molar-refractivity contribution in [3.63, 3.8) is 0 Å². The molecule has 5 heteroatoms. The molecule has 0 aliphatic rings. The predicted molar refractivity (Wildman–Crippen MR) is 76.0 cm³/mol. The van der Waals surface area contributed by atoms with Crippen LogP contribution in [0.1, 0.15) is 18.6 Å². The number of nitrogens with two attached hydrogens (primary N) is 1. The molecule has 0 aliphatic carbocycles. The van der Waals surface area contributed by atoms with Crippen molar-refractivity contribution in [3.8, 4) is 0 Å². The molecule has 0 bridgehead atoms. The van der Waals surface area contributed by atoms with Crippen LogP contribution in [0.25, 0.3) is 10.8 Å². The molecule has 0 aliphatic heterocycles. The third kappa shape index (κ3) is 2.59. The number of carbonyl (C=O) groups is 1. The second-order valence-corrected chi connectivity index (χ2v) is 4.43. The minimum Gasteiger partial charge on any atom is -0.464 e. The summed E-state index contributed by atoms with van der Waals surface area (Å²) in [7, 11) is 0. The first-order chi connectivity index (χ1) is 9.56. The number of hydrogen-bond donors (Lipinski definition) is 3. The first-order valence-electron chi connectivity index (χ1n) is 6.36. The summed E-state index contributed by atoms with van der Waals surface area (Å²) in [6.07, 6.45) is -2.98. The highest BCUT2D eigenvalue weighted by molar-refractivity contribution is 5.95. The Morgan fingerprint density at radius 3 is 2.50 bits per heavy atom. The summed E-state index contributed by atoms with van der Waals surface area (Å²) in [5.41, 5.74) is 6.88. The Kier molecular flexibility index (Phi) is 4.22. The molecule has 20 heavy (non-hydrogen) atoms. The molecule has 5 nitrogen and oxygen atoms in total. The molecule has 0 saturated heterocycles. The van der Waals surface area contributed by atoms with E-state index >= 15 is 0 Å². The number of benzene rings is 2. The van der Waals surface area contributed by atoms with Gasteiger partial charge in [0.1, 0.15) is 6.10 Å². The fourth-order valence-corrected chi connectivity index (χ4v) is 2.13. The van der Waals surface area contributed by atoms with Gasteiger partial charge in [-0.15, -0.1) is 0 Å². The lowest BCUT2D eigenvalue weighted by atomic mass is 9.96. The van der Waals surface area contributed by atoms with Gasteiger partial charge >= 0.3 is 5.97 Å². The van der Waals surface area contributed by atoms with Gasteiger partial charge < -0.3 is 20.7 Å². The van der Waals surface area contributed by atoms with Crippen LogP contribution in [0.5, 0.6) is 0 Å². The molecule has 2 aromatic carbocycles. The summed E-state index contributed by atoms with van der Waals surface area (Å²) in [6.45, 7) is 1.78. The minimum absolute atomic E-state index is 0.144. The molecule has 0 heterocycles. The van der Waals surface area contributed by atoms with E-state index in [-0.39, 0.29) is 6.61 Å². The van der Waals surface area contributed by atoms with Crippen LogP contribution in [0.15, 0.2) is 36.4 Å². The molecule has 106 valence electrons. The summed E-state index contributed by atoms with van der Waals surface area (Å²) in [6, 6.07) is 10.5. The Labute approximate surface area is 116 Å². The van der Waals surface area contributed by atoms with E-state index in [2.05, 4.69) is 0 Å². The lowest BCUT2D eigenvalue weighted by Crippen LogP contribution is -2.30. The number of aliphatic hydroxyl groups excluding tert-OH is 2. The molecule has 0 radical (unpaired) electrons. The summed E-state index contributed by atoms with van der Waals surface area (Å²) in [5.74, 6) is -0.846. The molecule has 0 fully saturated rings. The maximum absolute atomic E-state index is 11.5. The van der Waals surface area contributed by atoms with E-state index in [1.807, 2.05) is 12.1 Å². The van der Waals surface area contributed by atoms with Crippen molar-refractivity contribution in [1.82, 2.24) is 0 Å². The maximum atomic E-state index is 11.5. The van der Waals surface area contributed by atoms with Crippen LogP contribution in [-0.2, 0) is 9.53 Å². The second-order valence-electron chi connectivity index (χ2n) is 4.43. The van der Waals surface area contributed by atoms with E-state index < -0.39 is 18.2 Å². The van der Waals surface area contributed by atoms with Gasteiger partial charge in [0.05, 0.1) is 6.61 Å². The highest BCUT2D eigenvalue weighted by Gasteiger charge is 2.28. The SMILES string of the molecule is CCOC(=O)C(O)C(O)c1ccc(N)c2ccccc12. The van der Waals surface area contributed by atoms with E-state index in [4.69, 9.17) is 10.5 Å².